The summed E-state index contributed by atoms with van der Waals surface area (Å²) in [4.78, 5) is 35.0. The molecule has 3 aromatic carbocycles. The zero-order valence-electron chi connectivity index (χ0n) is 21.5. The van der Waals surface area contributed by atoms with E-state index in [0.717, 1.165) is 10.4 Å². The molecule has 2 heterocycles. The molecular formula is C29H27N3O5S. The van der Waals surface area contributed by atoms with Crippen LogP contribution in [0.1, 0.15) is 24.1 Å². The largest absolute Gasteiger partial charge is 0.507 e. The van der Waals surface area contributed by atoms with Crippen LogP contribution in [-0.4, -0.2) is 49.6 Å². The van der Waals surface area contributed by atoms with Crippen LogP contribution in [0.15, 0.2) is 72.3 Å². The number of nitrogens with zero attached hydrogens (tertiary/aromatic N) is 3. The molecule has 5 rings (SSSR count). The van der Waals surface area contributed by atoms with Crippen molar-refractivity contribution in [1.82, 2.24) is 4.98 Å². The molecule has 1 aliphatic rings. The van der Waals surface area contributed by atoms with Crippen molar-refractivity contribution in [3.63, 3.8) is 0 Å². The number of hydrogen-bond donors (Lipinski definition) is 1. The molecule has 0 saturated carbocycles. The number of Topliss-reactive ketones (excluding diaryl/α,β-unsaturated/α-hetero) is 1. The third kappa shape index (κ3) is 4.45. The fraction of sp³-hybridized carbons (Fsp3) is 0.207. The highest BCUT2D eigenvalue weighted by Gasteiger charge is 2.48. The summed E-state index contributed by atoms with van der Waals surface area (Å²) < 4.78 is 11.7. The average molecular weight is 530 g/mol. The Labute approximate surface area is 224 Å². The molecule has 0 aliphatic carbocycles. The molecule has 1 atom stereocenters. The van der Waals surface area contributed by atoms with Gasteiger partial charge in [-0.25, -0.2) is 4.98 Å². The van der Waals surface area contributed by atoms with Crippen molar-refractivity contribution in [2.45, 2.75) is 13.0 Å². The zero-order chi connectivity index (χ0) is 27.0. The second-order valence-electron chi connectivity index (χ2n) is 8.95. The Morgan fingerprint density at radius 2 is 1.82 bits per heavy atom. The van der Waals surface area contributed by atoms with Gasteiger partial charge >= 0.3 is 5.91 Å². The smallest absolute Gasteiger partial charge is 0.301 e. The van der Waals surface area contributed by atoms with Crippen LogP contribution >= 0.6 is 11.3 Å². The number of benzene rings is 3. The number of carbonyl (C=O) groups excluding carboxylic acids is 2. The molecule has 8 nitrogen and oxygen atoms in total. The van der Waals surface area contributed by atoms with Gasteiger partial charge in [0.2, 0.25) is 0 Å². The molecule has 1 N–H and O–H groups in total. The predicted octanol–water partition coefficient (Wildman–Crippen LogP) is 5.40. The van der Waals surface area contributed by atoms with Gasteiger partial charge in [0.1, 0.15) is 17.3 Å². The van der Waals surface area contributed by atoms with Gasteiger partial charge in [-0.15, -0.1) is 0 Å². The van der Waals surface area contributed by atoms with Crippen molar-refractivity contribution in [2.75, 3.05) is 37.6 Å². The quantitative estimate of drug-likeness (QED) is 0.195. The Bertz CT molecular complexity index is 1560. The molecule has 1 fully saturated rings. The third-order valence-electron chi connectivity index (χ3n) is 6.38. The maximum Gasteiger partial charge on any atom is 0.301 e. The lowest BCUT2D eigenvalue weighted by atomic mass is 9.95. The summed E-state index contributed by atoms with van der Waals surface area (Å²) in [7, 11) is 5.39. The molecule has 0 spiro atoms. The van der Waals surface area contributed by atoms with E-state index in [4.69, 9.17) is 9.47 Å². The molecule has 1 aromatic heterocycles. The average Bonchev–Trinajstić information content (AvgIpc) is 3.46. The number of aromatic nitrogens is 1. The molecule has 1 unspecified atom stereocenters. The minimum atomic E-state index is -0.871. The summed E-state index contributed by atoms with van der Waals surface area (Å²) in [6.07, 6.45) is 0. The van der Waals surface area contributed by atoms with Crippen molar-refractivity contribution < 1.29 is 24.2 Å². The summed E-state index contributed by atoms with van der Waals surface area (Å²) >= 11 is 1.29. The minimum Gasteiger partial charge on any atom is -0.507 e. The molecule has 1 aliphatic heterocycles. The summed E-state index contributed by atoms with van der Waals surface area (Å²) in [6, 6.07) is 18.9. The van der Waals surface area contributed by atoms with E-state index < -0.39 is 17.7 Å². The van der Waals surface area contributed by atoms with Crippen LogP contribution < -0.4 is 19.3 Å². The molecule has 38 heavy (non-hydrogen) atoms. The van der Waals surface area contributed by atoms with Gasteiger partial charge < -0.3 is 19.5 Å². The van der Waals surface area contributed by atoms with Gasteiger partial charge in [-0.3, -0.25) is 14.5 Å². The lowest BCUT2D eigenvalue weighted by molar-refractivity contribution is -0.132. The molecular weight excluding hydrogens is 502 g/mol. The van der Waals surface area contributed by atoms with Gasteiger partial charge in [-0.05, 0) is 55.0 Å². The first-order valence-electron chi connectivity index (χ1n) is 12.1. The summed E-state index contributed by atoms with van der Waals surface area (Å²) in [5, 5.41) is 11.7. The molecule has 0 radical (unpaired) electrons. The van der Waals surface area contributed by atoms with Crippen LogP contribution in [0.4, 0.5) is 10.8 Å². The number of hydrogen-bond acceptors (Lipinski definition) is 8. The van der Waals surface area contributed by atoms with Gasteiger partial charge in [0, 0.05) is 25.3 Å². The van der Waals surface area contributed by atoms with Gasteiger partial charge in [0.05, 0.1) is 35.5 Å². The number of methoxy groups -OCH3 is 1. The normalized spacial score (nSPS) is 16.7. The topological polar surface area (TPSA) is 92.2 Å². The van der Waals surface area contributed by atoms with E-state index in [2.05, 4.69) is 4.98 Å². The highest BCUT2D eigenvalue weighted by Crippen LogP contribution is 2.45. The Kier molecular flexibility index (Phi) is 6.77. The molecule has 4 aromatic rings. The van der Waals surface area contributed by atoms with Gasteiger partial charge in [-0.1, -0.05) is 35.6 Å². The van der Waals surface area contributed by atoms with Crippen molar-refractivity contribution in [1.29, 1.82) is 0 Å². The summed E-state index contributed by atoms with van der Waals surface area (Å²) in [5.41, 5.74) is 2.69. The lowest BCUT2D eigenvalue weighted by Gasteiger charge is -2.23. The van der Waals surface area contributed by atoms with E-state index in [1.165, 1.54) is 23.3 Å². The Balaban J connectivity index is 1.69. The maximum absolute atomic E-state index is 13.5. The van der Waals surface area contributed by atoms with Gasteiger partial charge in [0.15, 0.2) is 5.13 Å². The van der Waals surface area contributed by atoms with Crippen LogP contribution in [0.2, 0.25) is 0 Å². The van der Waals surface area contributed by atoms with E-state index in [1.807, 2.05) is 68.4 Å². The van der Waals surface area contributed by atoms with E-state index in [1.54, 1.807) is 24.3 Å². The van der Waals surface area contributed by atoms with Crippen LogP contribution in [-0.2, 0) is 9.59 Å². The monoisotopic (exact) mass is 529 g/mol. The fourth-order valence-electron chi connectivity index (χ4n) is 4.48. The Hall–Kier alpha value is -4.37. The van der Waals surface area contributed by atoms with E-state index in [9.17, 15) is 14.7 Å². The second kappa shape index (κ2) is 10.2. The third-order valence-corrected chi connectivity index (χ3v) is 7.40. The number of aliphatic hydroxyl groups excluding tert-OH is 1. The molecule has 1 saturated heterocycles. The second-order valence-corrected chi connectivity index (χ2v) is 9.96. The number of amides is 1. The van der Waals surface area contributed by atoms with Crippen LogP contribution in [0.25, 0.3) is 16.0 Å². The number of thiazole rings is 1. The number of carbonyl (C=O) groups is 2. The summed E-state index contributed by atoms with van der Waals surface area (Å²) in [5.74, 6) is -0.579. The number of ketones is 1. The van der Waals surface area contributed by atoms with Crippen molar-refractivity contribution in [2.24, 2.45) is 0 Å². The maximum atomic E-state index is 13.5. The zero-order valence-corrected chi connectivity index (χ0v) is 22.3. The van der Waals surface area contributed by atoms with Gasteiger partial charge in [0.25, 0.3) is 5.78 Å². The lowest BCUT2D eigenvalue weighted by Crippen LogP contribution is -2.29. The van der Waals surface area contributed by atoms with Crippen LogP contribution in [0.3, 0.4) is 0 Å². The fourth-order valence-corrected chi connectivity index (χ4v) is 5.50. The number of rotatable bonds is 7. The van der Waals surface area contributed by atoms with Gasteiger partial charge in [-0.2, -0.15) is 0 Å². The van der Waals surface area contributed by atoms with Crippen LogP contribution in [0.5, 0.6) is 11.5 Å². The molecule has 1 amide bonds. The number of fused-ring (bicyclic) bond motifs is 1. The SMILES string of the molecule is CCOc1ccc2nc(N3C(=O)C(=O)C(=C(O)c4cccc(OC)c4)C3c3ccc(N(C)C)cc3)sc2c1. The van der Waals surface area contributed by atoms with Crippen molar-refractivity contribution in [3.8, 4) is 11.5 Å². The first-order chi connectivity index (χ1) is 18.3. The molecule has 194 valence electrons. The highest BCUT2D eigenvalue weighted by molar-refractivity contribution is 7.22. The first-order valence-corrected chi connectivity index (χ1v) is 12.9. The first kappa shape index (κ1) is 25.3. The van der Waals surface area contributed by atoms with Crippen LogP contribution in [0, 0.1) is 0 Å². The molecule has 9 heteroatoms. The standard InChI is InChI=1S/C29H27N3O5S/c1-5-37-21-13-14-22-23(16-21)38-29(30-22)32-25(17-9-11-19(12-10-17)31(2)3)24(27(34)28(32)35)26(33)18-7-6-8-20(15-18)36-4/h6-16,25,33H,5H2,1-4H3. The minimum absolute atomic E-state index is 0.00452. The highest BCUT2D eigenvalue weighted by atomic mass is 32.1. The number of anilines is 2. The van der Waals surface area contributed by atoms with E-state index >= 15 is 0 Å². The van der Waals surface area contributed by atoms with Crippen molar-refractivity contribution >= 4 is 49.8 Å². The Morgan fingerprint density at radius 1 is 1.05 bits per heavy atom. The number of aliphatic hydroxyl groups is 1. The Morgan fingerprint density at radius 3 is 2.50 bits per heavy atom. The van der Waals surface area contributed by atoms with E-state index in [0.29, 0.717) is 39.9 Å². The van der Waals surface area contributed by atoms with Crippen molar-refractivity contribution in [3.05, 3.63) is 83.4 Å². The predicted molar refractivity (Wildman–Crippen MR) is 149 cm³/mol. The van der Waals surface area contributed by atoms with E-state index in [-0.39, 0.29) is 11.3 Å². The molecule has 0 bridgehead atoms. The summed E-state index contributed by atoms with van der Waals surface area (Å²) in [6.45, 7) is 2.44. The number of ether oxygens (including phenoxy) is 2.